The van der Waals surface area contributed by atoms with Crippen molar-refractivity contribution in [3.05, 3.63) is 34.3 Å². The van der Waals surface area contributed by atoms with Crippen LogP contribution in [0.2, 0.25) is 5.02 Å². The molecule has 0 unspecified atom stereocenters. The number of ketones is 1. The van der Waals surface area contributed by atoms with Crippen molar-refractivity contribution in [1.82, 2.24) is 0 Å². The Hall–Kier alpha value is -0.240. The summed E-state index contributed by atoms with van der Waals surface area (Å²) in [6.07, 6.45) is 0. The lowest BCUT2D eigenvalue weighted by Gasteiger charge is -2.03. The van der Waals surface area contributed by atoms with E-state index in [-0.39, 0.29) is 5.78 Å². The molecule has 1 aromatic rings. The number of hydrogen-bond donors (Lipinski definition) is 0. The average molecular weight is 238 g/mol. The van der Waals surface area contributed by atoms with Crippen LogP contribution in [-0.4, -0.2) is 10.6 Å². The first kappa shape index (κ1) is 10.8. The molecule has 4 heteroatoms. The van der Waals surface area contributed by atoms with Crippen molar-refractivity contribution < 1.29 is 4.79 Å². The molecule has 0 amide bonds. The molecular formula is C9H7Cl3O. The van der Waals surface area contributed by atoms with Crippen LogP contribution < -0.4 is 0 Å². The van der Waals surface area contributed by atoms with Gasteiger partial charge in [-0.15, -0.1) is 0 Å². The van der Waals surface area contributed by atoms with E-state index in [0.29, 0.717) is 10.6 Å². The smallest absolute Gasteiger partial charge is 0.195 e. The molecule has 1 nitrogen and oxygen atoms in total. The number of aryl methyl sites for hydroxylation is 1. The molecule has 0 aliphatic carbocycles. The van der Waals surface area contributed by atoms with E-state index in [9.17, 15) is 4.79 Å². The normalized spacial score (nSPS) is 10.5. The van der Waals surface area contributed by atoms with Gasteiger partial charge >= 0.3 is 0 Å². The molecule has 0 spiro atoms. The summed E-state index contributed by atoms with van der Waals surface area (Å²) in [6, 6.07) is 4.98. The van der Waals surface area contributed by atoms with Crippen LogP contribution in [0.4, 0.5) is 0 Å². The Balaban J connectivity index is 3.04. The maximum Gasteiger partial charge on any atom is 0.195 e. The fourth-order valence-corrected chi connectivity index (χ4v) is 1.30. The van der Waals surface area contributed by atoms with Gasteiger partial charge in [-0.25, -0.2) is 0 Å². The second-order valence-electron chi connectivity index (χ2n) is 2.63. The van der Waals surface area contributed by atoms with Crippen LogP contribution in [0.1, 0.15) is 15.9 Å². The van der Waals surface area contributed by atoms with E-state index in [0.717, 1.165) is 5.56 Å². The monoisotopic (exact) mass is 236 g/mol. The van der Waals surface area contributed by atoms with Crippen molar-refractivity contribution >= 4 is 40.6 Å². The van der Waals surface area contributed by atoms with E-state index in [4.69, 9.17) is 34.8 Å². The predicted molar refractivity (Wildman–Crippen MR) is 56.0 cm³/mol. The summed E-state index contributed by atoms with van der Waals surface area (Å²) >= 11 is 16.7. The third-order valence-corrected chi connectivity index (χ3v) is 2.46. The fraction of sp³-hybridized carbons (Fsp3) is 0.222. The summed E-state index contributed by atoms with van der Waals surface area (Å²) in [6.45, 7) is 1.86. The number of rotatable bonds is 2. The molecule has 0 aromatic heterocycles. The molecule has 0 heterocycles. The molecule has 0 aliphatic heterocycles. The summed E-state index contributed by atoms with van der Waals surface area (Å²) in [7, 11) is 0. The Morgan fingerprint density at radius 2 is 2.00 bits per heavy atom. The number of Topliss-reactive ketones (excluding diaryl/α,β-unsaturated/α-hetero) is 1. The first-order valence-corrected chi connectivity index (χ1v) is 4.86. The molecule has 0 saturated heterocycles. The minimum absolute atomic E-state index is 0.328. The zero-order valence-corrected chi connectivity index (χ0v) is 9.12. The van der Waals surface area contributed by atoms with Gasteiger partial charge < -0.3 is 0 Å². The van der Waals surface area contributed by atoms with Crippen molar-refractivity contribution in [3.63, 3.8) is 0 Å². The van der Waals surface area contributed by atoms with Gasteiger partial charge in [-0.3, -0.25) is 4.79 Å². The van der Waals surface area contributed by atoms with Crippen LogP contribution in [-0.2, 0) is 0 Å². The molecule has 70 valence electrons. The Kier molecular flexibility index (Phi) is 3.60. The van der Waals surface area contributed by atoms with Gasteiger partial charge in [0.1, 0.15) is 0 Å². The zero-order valence-electron chi connectivity index (χ0n) is 6.85. The van der Waals surface area contributed by atoms with E-state index in [1.54, 1.807) is 18.2 Å². The fourth-order valence-electron chi connectivity index (χ4n) is 0.872. The van der Waals surface area contributed by atoms with Gasteiger partial charge in [-0.1, -0.05) is 46.9 Å². The minimum atomic E-state index is -1.03. The molecule has 0 saturated carbocycles. The lowest BCUT2D eigenvalue weighted by Crippen LogP contribution is -2.07. The van der Waals surface area contributed by atoms with E-state index in [1.165, 1.54) is 0 Å². The van der Waals surface area contributed by atoms with Crippen molar-refractivity contribution in [2.75, 3.05) is 0 Å². The highest BCUT2D eigenvalue weighted by atomic mass is 35.5. The highest BCUT2D eigenvalue weighted by molar-refractivity contribution is 6.55. The third-order valence-electron chi connectivity index (χ3n) is 1.65. The van der Waals surface area contributed by atoms with Crippen LogP contribution in [0.5, 0.6) is 0 Å². The Labute approximate surface area is 91.6 Å². The second kappa shape index (κ2) is 4.32. The Morgan fingerprint density at radius 1 is 1.38 bits per heavy atom. The van der Waals surface area contributed by atoms with Gasteiger partial charge in [0.25, 0.3) is 0 Å². The molecular weight excluding hydrogens is 230 g/mol. The van der Waals surface area contributed by atoms with Crippen molar-refractivity contribution in [2.45, 2.75) is 11.8 Å². The lowest BCUT2D eigenvalue weighted by molar-refractivity contribution is 0.101. The predicted octanol–water partition coefficient (Wildman–Crippen LogP) is 3.63. The molecule has 1 aromatic carbocycles. The molecule has 0 radical (unpaired) electrons. The van der Waals surface area contributed by atoms with Crippen molar-refractivity contribution in [1.29, 1.82) is 0 Å². The van der Waals surface area contributed by atoms with Crippen molar-refractivity contribution in [2.24, 2.45) is 0 Å². The Morgan fingerprint density at radius 3 is 2.46 bits per heavy atom. The summed E-state index contributed by atoms with van der Waals surface area (Å²) in [5.74, 6) is -0.328. The van der Waals surface area contributed by atoms with Crippen LogP contribution in [0, 0.1) is 6.92 Å². The quantitative estimate of drug-likeness (QED) is 0.567. The van der Waals surface area contributed by atoms with E-state index in [2.05, 4.69) is 0 Å². The van der Waals surface area contributed by atoms with E-state index >= 15 is 0 Å². The van der Waals surface area contributed by atoms with Crippen LogP contribution in [0.25, 0.3) is 0 Å². The summed E-state index contributed by atoms with van der Waals surface area (Å²) in [4.78, 5) is 10.3. The Bertz CT molecular complexity index is 334. The van der Waals surface area contributed by atoms with Gasteiger partial charge in [-0.05, 0) is 18.6 Å². The van der Waals surface area contributed by atoms with Crippen LogP contribution in [0.3, 0.4) is 0 Å². The number of benzene rings is 1. The van der Waals surface area contributed by atoms with Crippen molar-refractivity contribution in [3.8, 4) is 0 Å². The molecule has 1 rings (SSSR count). The zero-order chi connectivity index (χ0) is 10.0. The summed E-state index contributed by atoms with van der Waals surface area (Å²) < 4.78 is 0. The van der Waals surface area contributed by atoms with E-state index < -0.39 is 4.84 Å². The molecule has 0 aliphatic rings. The molecule has 0 N–H and O–H groups in total. The number of alkyl halides is 2. The average Bonchev–Trinajstić information content (AvgIpc) is 2.08. The first-order chi connectivity index (χ1) is 6.02. The standard InChI is InChI=1S/C9H7Cl3O/c1-5-2-3-6(4-7(5)10)8(13)9(11)12/h2-4,9H,1H3. The largest absolute Gasteiger partial charge is 0.291 e. The SMILES string of the molecule is Cc1ccc(C(=O)C(Cl)Cl)cc1Cl. The number of halogens is 3. The van der Waals surface area contributed by atoms with Gasteiger partial charge in [0.15, 0.2) is 10.6 Å². The second-order valence-corrected chi connectivity index (χ2v) is 4.13. The van der Waals surface area contributed by atoms with E-state index in [1.807, 2.05) is 6.92 Å². The maximum absolute atomic E-state index is 11.3. The van der Waals surface area contributed by atoms with Crippen LogP contribution >= 0.6 is 34.8 Å². The first-order valence-electron chi connectivity index (χ1n) is 3.61. The topological polar surface area (TPSA) is 17.1 Å². The molecule has 13 heavy (non-hydrogen) atoms. The molecule has 0 atom stereocenters. The van der Waals surface area contributed by atoms with Gasteiger partial charge in [0, 0.05) is 10.6 Å². The van der Waals surface area contributed by atoms with Gasteiger partial charge in [0.05, 0.1) is 0 Å². The highest BCUT2D eigenvalue weighted by Crippen LogP contribution is 2.19. The molecule has 0 fully saturated rings. The lowest BCUT2D eigenvalue weighted by atomic mass is 10.1. The summed E-state index contributed by atoms with van der Waals surface area (Å²) in [5, 5.41) is 0.542. The highest BCUT2D eigenvalue weighted by Gasteiger charge is 2.14. The molecule has 0 bridgehead atoms. The van der Waals surface area contributed by atoms with Gasteiger partial charge in [0.2, 0.25) is 0 Å². The third kappa shape index (κ3) is 2.60. The number of hydrogen-bond acceptors (Lipinski definition) is 1. The minimum Gasteiger partial charge on any atom is -0.291 e. The summed E-state index contributed by atoms with van der Waals surface area (Å²) in [5.41, 5.74) is 1.35. The number of carbonyl (C=O) groups is 1. The number of carbonyl (C=O) groups excluding carboxylic acids is 1. The van der Waals surface area contributed by atoms with Crippen LogP contribution in [0.15, 0.2) is 18.2 Å². The van der Waals surface area contributed by atoms with Gasteiger partial charge in [-0.2, -0.15) is 0 Å². The maximum atomic E-state index is 11.3.